The molecule has 0 aliphatic carbocycles. The fourth-order valence-corrected chi connectivity index (χ4v) is 2.99. The second-order valence-corrected chi connectivity index (χ2v) is 6.55. The van der Waals surface area contributed by atoms with Gasteiger partial charge in [0.1, 0.15) is 12.4 Å². The van der Waals surface area contributed by atoms with E-state index in [9.17, 15) is 0 Å². The third-order valence-corrected chi connectivity index (χ3v) is 4.46. The van der Waals surface area contributed by atoms with E-state index in [-0.39, 0.29) is 0 Å². The Kier molecular flexibility index (Phi) is 5.22. The first kappa shape index (κ1) is 16.6. The average molecular weight is 337 g/mol. The standard InChI is InChI=1S/C22H21ClO/c1-16-12-21(24-15-19-6-4-3-5-7-19)13-17(2)22(16)14-18-8-10-20(23)11-9-18/h3-13H,14-15H2,1-2H3. The van der Waals surface area contributed by atoms with Gasteiger partial charge in [-0.15, -0.1) is 0 Å². The van der Waals surface area contributed by atoms with Gasteiger partial charge in [0, 0.05) is 5.02 Å². The normalized spacial score (nSPS) is 10.6. The van der Waals surface area contributed by atoms with E-state index in [1.54, 1.807) is 0 Å². The number of benzene rings is 3. The van der Waals surface area contributed by atoms with Crippen LogP contribution in [0.2, 0.25) is 5.02 Å². The van der Waals surface area contributed by atoms with E-state index in [0.29, 0.717) is 6.61 Å². The number of rotatable bonds is 5. The van der Waals surface area contributed by atoms with Crippen LogP contribution in [-0.2, 0) is 13.0 Å². The maximum absolute atomic E-state index is 5.97. The minimum absolute atomic E-state index is 0.594. The van der Waals surface area contributed by atoms with E-state index in [2.05, 4.69) is 50.2 Å². The molecule has 0 heterocycles. The molecule has 0 bridgehead atoms. The van der Waals surface area contributed by atoms with Crippen molar-refractivity contribution >= 4 is 11.6 Å². The predicted molar refractivity (Wildman–Crippen MR) is 101 cm³/mol. The highest BCUT2D eigenvalue weighted by molar-refractivity contribution is 6.30. The third kappa shape index (κ3) is 4.18. The Morgan fingerprint density at radius 1 is 0.792 bits per heavy atom. The molecular formula is C22H21ClO. The number of aryl methyl sites for hydroxylation is 2. The van der Waals surface area contributed by atoms with E-state index in [1.165, 1.54) is 27.8 Å². The van der Waals surface area contributed by atoms with Gasteiger partial charge in [0.15, 0.2) is 0 Å². The van der Waals surface area contributed by atoms with Gasteiger partial charge in [-0.25, -0.2) is 0 Å². The Hall–Kier alpha value is -2.25. The van der Waals surface area contributed by atoms with Crippen molar-refractivity contribution < 1.29 is 4.74 Å². The van der Waals surface area contributed by atoms with E-state index < -0.39 is 0 Å². The van der Waals surface area contributed by atoms with Crippen molar-refractivity contribution in [3.05, 3.63) is 99.6 Å². The maximum Gasteiger partial charge on any atom is 0.120 e. The van der Waals surface area contributed by atoms with Gasteiger partial charge in [-0.1, -0.05) is 54.1 Å². The third-order valence-electron chi connectivity index (χ3n) is 4.21. The molecule has 0 spiro atoms. The first-order chi connectivity index (χ1) is 11.6. The summed E-state index contributed by atoms with van der Waals surface area (Å²) >= 11 is 5.97. The van der Waals surface area contributed by atoms with Gasteiger partial charge in [-0.3, -0.25) is 0 Å². The van der Waals surface area contributed by atoms with Gasteiger partial charge in [-0.05, 0) is 72.4 Å². The maximum atomic E-state index is 5.97. The highest BCUT2D eigenvalue weighted by atomic mass is 35.5. The molecule has 0 unspecified atom stereocenters. The van der Waals surface area contributed by atoms with Crippen LogP contribution >= 0.6 is 11.6 Å². The minimum Gasteiger partial charge on any atom is -0.489 e. The molecule has 1 nitrogen and oxygen atoms in total. The summed E-state index contributed by atoms with van der Waals surface area (Å²) < 4.78 is 5.96. The lowest BCUT2D eigenvalue weighted by molar-refractivity contribution is 0.305. The molecule has 0 aliphatic rings. The van der Waals surface area contributed by atoms with Crippen LogP contribution < -0.4 is 4.74 Å². The van der Waals surface area contributed by atoms with E-state index in [0.717, 1.165) is 17.2 Å². The quantitative estimate of drug-likeness (QED) is 0.544. The van der Waals surface area contributed by atoms with Crippen molar-refractivity contribution in [3.8, 4) is 5.75 Å². The largest absolute Gasteiger partial charge is 0.489 e. The molecule has 0 aromatic heterocycles. The summed E-state index contributed by atoms with van der Waals surface area (Å²) in [6.07, 6.45) is 0.911. The van der Waals surface area contributed by atoms with Crippen LogP contribution in [0.15, 0.2) is 66.7 Å². The van der Waals surface area contributed by atoms with Crippen molar-refractivity contribution in [2.45, 2.75) is 26.9 Å². The molecule has 0 saturated heterocycles. The Morgan fingerprint density at radius 2 is 1.42 bits per heavy atom. The highest BCUT2D eigenvalue weighted by Gasteiger charge is 2.07. The number of halogens is 1. The molecule has 0 N–H and O–H groups in total. The summed E-state index contributed by atoms with van der Waals surface area (Å²) in [5, 5.41) is 0.775. The second kappa shape index (κ2) is 7.55. The Morgan fingerprint density at radius 3 is 2.04 bits per heavy atom. The zero-order chi connectivity index (χ0) is 16.9. The number of ether oxygens (including phenoxy) is 1. The smallest absolute Gasteiger partial charge is 0.120 e. The lowest BCUT2D eigenvalue weighted by Crippen LogP contribution is -2.00. The highest BCUT2D eigenvalue weighted by Crippen LogP contribution is 2.25. The molecule has 0 aliphatic heterocycles. The summed E-state index contributed by atoms with van der Waals surface area (Å²) in [5.41, 5.74) is 6.31. The molecule has 24 heavy (non-hydrogen) atoms. The van der Waals surface area contributed by atoms with Gasteiger partial charge in [-0.2, -0.15) is 0 Å². The summed E-state index contributed by atoms with van der Waals surface area (Å²) in [6, 6.07) is 22.5. The molecule has 0 radical (unpaired) electrons. The SMILES string of the molecule is Cc1cc(OCc2ccccc2)cc(C)c1Cc1ccc(Cl)cc1. The van der Waals surface area contributed by atoms with Gasteiger partial charge in [0.05, 0.1) is 0 Å². The van der Waals surface area contributed by atoms with Crippen LogP contribution in [0.4, 0.5) is 0 Å². The molecule has 3 aromatic rings. The second-order valence-electron chi connectivity index (χ2n) is 6.11. The molecule has 122 valence electrons. The van der Waals surface area contributed by atoms with Crippen LogP contribution in [0.3, 0.4) is 0 Å². The summed E-state index contributed by atoms with van der Waals surface area (Å²) in [5.74, 6) is 0.925. The van der Waals surface area contributed by atoms with Crippen LogP contribution in [0.25, 0.3) is 0 Å². The predicted octanol–water partition coefficient (Wildman–Crippen LogP) is 6.13. The first-order valence-corrected chi connectivity index (χ1v) is 8.51. The van der Waals surface area contributed by atoms with Gasteiger partial charge in [0.2, 0.25) is 0 Å². The van der Waals surface area contributed by atoms with Gasteiger partial charge >= 0.3 is 0 Å². The molecular weight excluding hydrogens is 316 g/mol. The lowest BCUT2D eigenvalue weighted by atomic mass is 9.96. The van der Waals surface area contributed by atoms with Crippen molar-refractivity contribution in [1.29, 1.82) is 0 Å². The average Bonchev–Trinajstić information content (AvgIpc) is 2.59. The topological polar surface area (TPSA) is 9.23 Å². The van der Waals surface area contributed by atoms with E-state index in [4.69, 9.17) is 16.3 Å². The number of hydrogen-bond acceptors (Lipinski definition) is 1. The molecule has 3 rings (SSSR count). The molecule has 0 atom stereocenters. The zero-order valence-corrected chi connectivity index (χ0v) is 14.8. The van der Waals surface area contributed by atoms with Crippen molar-refractivity contribution in [2.75, 3.05) is 0 Å². The zero-order valence-electron chi connectivity index (χ0n) is 14.1. The van der Waals surface area contributed by atoms with Gasteiger partial charge < -0.3 is 4.74 Å². The van der Waals surface area contributed by atoms with Crippen molar-refractivity contribution in [3.63, 3.8) is 0 Å². The lowest BCUT2D eigenvalue weighted by Gasteiger charge is -2.14. The Balaban J connectivity index is 1.74. The monoisotopic (exact) mass is 336 g/mol. The van der Waals surface area contributed by atoms with E-state index >= 15 is 0 Å². The van der Waals surface area contributed by atoms with Gasteiger partial charge in [0.25, 0.3) is 0 Å². The summed E-state index contributed by atoms with van der Waals surface area (Å²) in [4.78, 5) is 0. The van der Waals surface area contributed by atoms with Crippen LogP contribution in [0.1, 0.15) is 27.8 Å². The van der Waals surface area contributed by atoms with Crippen molar-refractivity contribution in [2.24, 2.45) is 0 Å². The summed E-state index contributed by atoms with van der Waals surface area (Å²) in [7, 11) is 0. The fourth-order valence-electron chi connectivity index (χ4n) is 2.86. The van der Waals surface area contributed by atoms with Crippen LogP contribution in [0.5, 0.6) is 5.75 Å². The van der Waals surface area contributed by atoms with Crippen LogP contribution in [-0.4, -0.2) is 0 Å². The minimum atomic E-state index is 0.594. The Bertz CT molecular complexity index is 784. The molecule has 2 heteroatoms. The molecule has 0 fully saturated rings. The fraction of sp³-hybridized carbons (Fsp3) is 0.182. The first-order valence-electron chi connectivity index (χ1n) is 8.13. The molecule has 0 amide bonds. The van der Waals surface area contributed by atoms with Crippen LogP contribution in [0, 0.1) is 13.8 Å². The number of hydrogen-bond donors (Lipinski definition) is 0. The molecule has 0 saturated carbocycles. The Labute approximate surface area is 148 Å². The molecule has 3 aromatic carbocycles. The van der Waals surface area contributed by atoms with Crippen molar-refractivity contribution in [1.82, 2.24) is 0 Å². The summed E-state index contributed by atoms with van der Waals surface area (Å²) in [6.45, 7) is 4.89. The van der Waals surface area contributed by atoms with E-state index in [1.807, 2.05) is 30.3 Å².